The summed E-state index contributed by atoms with van der Waals surface area (Å²) >= 11 is 2.85. The molecule has 0 aliphatic carbocycles. The van der Waals surface area contributed by atoms with Gasteiger partial charge < -0.3 is 20.3 Å². The molecule has 1 amide bonds. The monoisotopic (exact) mass is 379 g/mol. The largest absolute Gasteiger partial charge is 0.378 e. The Bertz CT molecular complexity index is 686. The third-order valence-electron chi connectivity index (χ3n) is 3.59. The second kappa shape index (κ2) is 9.02. The van der Waals surface area contributed by atoms with E-state index in [0.29, 0.717) is 5.75 Å². The molecule has 2 aromatic rings. The molecular formula is C16H21N5O2S2. The van der Waals surface area contributed by atoms with Gasteiger partial charge in [-0.3, -0.25) is 4.79 Å². The van der Waals surface area contributed by atoms with Crippen LogP contribution in [0.4, 0.5) is 16.5 Å². The van der Waals surface area contributed by atoms with Crippen molar-refractivity contribution < 1.29 is 9.53 Å². The van der Waals surface area contributed by atoms with Crippen LogP contribution < -0.4 is 15.5 Å². The lowest BCUT2D eigenvalue weighted by Gasteiger charge is -2.28. The average Bonchev–Trinajstić information content (AvgIpc) is 3.09. The van der Waals surface area contributed by atoms with Crippen molar-refractivity contribution in [3.8, 4) is 0 Å². The zero-order chi connectivity index (χ0) is 17.5. The van der Waals surface area contributed by atoms with Gasteiger partial charge in [0.2, 0.25) is 11.0 Å². The quantitative estimate of drug-likeness (QED) is 0.716. The number of carbonyl (C=O) groups is 1. The lowest BCUT2D eigenvalue weighted by molar-refractivity contribution is -0.113. The highest BCUT2D eigenvalue weighted by atomic mass is 32.2. The summed E-state index contributed by atoms with van der Waals surface area (Å²) in [5.41, 5.74) is 1.95. The number of hydrogen-bond acceptors (Lipinski definition) is 8. The zero-order valence-corrected chi connectivity index (χ0v) is 15.7. The summed E-state index contributed by atoms with van der Waals surface area (Å²) < 4.78 is 6.15. The van der Waals surface area contributed by atoms with Crippen molar-refractivity contribution in [1.29, 1.82) is 0 Å². The van der Waals surface area contributed by atoms with Gasteiger partial charge in [-0.2, -0.15) is 0 Å². The highest BCUT2D eigenvalue weighted by molar-refractivity contribution is 8.01. The molecule has 0 unspecified atom stereocenters. The predicted octanol–water partition coefficient (Wildman–Crippen LogP) is 2.54. The summed E-state index contributed by atoms with van der Waals surface area (Å²) in [6.07, 6.45) is 0. The number of thioether (sulfide) groups is 1. The smallest absolute Gasteiger partial charge is 0.234 e. The number of morpholine rings is 1. The van der Waals surface area contributed by atoms with Gasteiger partial charge in [-0.1, -0.05) is 23.1 Å². The Labute approximate surface area is 155 Å². The molecule has 1 aromatic carbocycles. The number of nitrogens with zero attached hydrogens (tertiary/aromatic N) is 3. The number of aromatic nitrogens is 2. The molecule has 0 radical (unpaired) electrons. The molecule has 2 N–H and O–H groups in total. The van der Waals surface area contributed by atoms with Crippen molar-refractivity contribution >= 4 is 45.5 Å². The number of rotatable bonds is 7. The van der Waals surface area contributed by atoms with E-state index in [1.165, 1.54) is 23.1 Å². The normalized spacial score (nSPS) is 14.4. The number of benzene rings is 1. The van der Waals surface area contributed by atoms with E-state index in [-0.39, 0.29) is 5.91 Å². The highest BCUT2D eigenvalue weighted by Gasteiger charge is 2.12. The van der Waals surface area contributed by atoms with Crippen LogP contribution in [0.3, 0.4) is 0 Å². The Morgan fingerprint density at radius 2 is 2.04 bits per heavy atom. The third-order valence-corrected chi connectivity index (χ3v) is 5.60. The number of carbonyl (C=O) groups excluding carboxylic acids is 1. The Morgan fingerprint density at radius 3 is 2.76 bits per heavy atom. The fraction of sp³-hybridized carbons (Fsp3) is 0.438. The molecule has 0 bridgehead atoms. The molecule has 134 valence electrons. The van der Waals surface area contributed by atoms with E-state index in [4.69, 9.17) is 4.74 Å². The molecule has 9 heteroatoms. The Balaban J connectivity index is 1.47. The first-order valence-electron chi connectivity index (χ1n) is 8.17. The first kappa shape index (κ1) is 18.0. The maximum atomic E-state index is 12.1. The minimum Gasteiger partial charge on any atom is -0.378 e. The van der Waals surface area contributed by atoms with E-state index >= 15 is 0 Å². The molecule has 2 heterocycles. The molecule has 1 aliphatic rings. The van der Waals surface area contributed by atoms with Crippen LogP contribution in [-0.4, -0.2) is 54.7 Å². The molecule has 0 spiro atoms. The number of amides is 1. The molecule has 7 nitrogen and oxygen atoms in total. The van der Waals surface area contributed by atoms with Crippen LogP contribution >= 0.6 is 23.1 Å². The standard InChI is InChI=1S/C16H21N5O2S2/c1-2-17-15-19-20-16(25-15)24-11-14(22)18-12-3-5-13(6-4-12)21-7-9-23-10-8-21/h3-6H,2,7-11H2,1H3,(H,17,19)(H,18,22). The fourth-order valence-electron chi connectivity index (χ4n) is 2.39. The van der Waals surface area contributed by atoms with E-state index in [2.05, 4.69) is 25.7 Å². The highest BCUT2D eigenvalue weighted by Crippen LogP contribution is 2.25. The predicted molar refractivity (Wildman–Crippen MR) is 103 cm³/mol. The number of nitrogens with one attached hydrogen (secondary N) is 2. The molecule has 1 aliphatic heterocycles. The van der Waals surface area contributed by atoms with Gasteiger partial charge in [-0.25, -0.2) is 0 Å². The first-order chi connectivity index (χ1) is 12.2. The van der Waals surface area contributed by atoms with Gasteiger partial charge >= 0.3 is 0 Å². The van der Waals surface area contributed by atoms with Crippen LogP contribution in [0, 0.1) is 0 Å². The van der Waals surface area contributed by atoms with Crippen LogP contribution in [0.25, 0.3) is 0 Å². The van der Waals surface area contributed by atoms with Crippen molar-refractivity contribution in [2.24, 2.45) is 0 Å². The van der Waals surface area contributed by atoms with Crippen molar-refractivity contribution in [2.45, 2.75) is 11.3 Å². The second-order valence-corrected chi connectivity index (χ2v) is 7.59. The Kier molecular flexibility index (Phi) is 6.48. The molecule has 25 heavy (non-hydrogen) atoms. The summed E-state index contributed by atoms with van der Waals surface area (Å²) in [4.78, 5) is 14.4. The molecule has 0 saturated carbocycles. The number of hydrogen-bond donors (Lipinski definition) is 2. The molecule has 0 atom stereocenters. The molecule has 1 aromatic heterocycles. The van der Waals surface area contributed by atoms with Gasteiger partial charge in [0.15, 0.2) is 4.34 Å². The maximum absolute atomic E-state index is 12.1. The molecule has 1 fully saturated rings. The lowest BCUT2D eigenvalue weighted by Crippen LogP contribution is -2.36. The van der Waals surface area contributed by atoms with Gasteiger partial charge in [0.05, 0.1) is 19.0 Å². The van der Waals surface area contributed by atoms with Crippen LogP contribution in [0.5, 0.6) is 0 Å². The topological polar surface area (TPSA) is 79.4 Å². The van der Waals surface area contributed by atoms with E-state index < -0.39 is 0 Å². The van der Waals surface area contributed by atoms with E-state index in [9.17, 15) is 4.79 Å². The van der Waals surface area contributed by atoms with Crippen LogP contribution in [-0.2, 0) is 9.53 Å². The van der Waals surface area contributed by atoms with Crippen LogP contribution in [0.15, 0.2) is 28.6 Å². The van der Waals surface area contributed by atoms with Crippen molar-refractivity contribution in [3.05, 3.63) is 24.3 Å². The van der Waals surface area contributed by atoms with Gasteiger partial charge in [0.25, 0.3) is 0 Å². The second-order valence-electron chi connectivity index (χ2n) is 5.39. The summed E-state index contributed by atoms with van der Waals surface area (Å²) in [5, 5.41) is 14.9. The Morgan fingerprint density at radius 1 is 1.28 bits per heavy atom. The van der Waals surface area contributed by atoms with Crippen LogP contribution in [0.2, 0.25) is 0 Å². The summed E-state index contributed by atoms with van der Waals surface area (Å²) in [6.45, 7) is 6.14. The average molecular weight is 380 g/mol. The van der Waals surface area contributed by atoms with E-state index in [0.717, 1.165) is 53.7 Å². The van der Waals surface area contributed by atoms with Gasteiger partial charge in [-0.05, 0) is 31.2 Å². The molecular weight excluding hydrogens is 358 g/mol. The lowest BCUT2D eigenvalue weighted by atomic mass is 10.2. The zero-order valence-electron chi connectivity index (χ0n) is 14.0. The first-order valence-corrected chi connectivity index (χ1v) is 9.97. The van der Waals surface area contributed by atoms with Gasteiger partial charge in [0.1, 0.15) is 0 Å². The maximum Gasteiger partial charge on any atom is 0.234 e. The minimum atomic E-state index is -0.0516. The minimum absolute atomic E-state index is 0.0516. The van der Waals surface area contributed by atoms with Gasteiger partial charge in [-0.15, -0.1) is 10.2 Å². The van der Waals surface area contributed by atoms with E-state index in [1.54, 1.807) is 0 Å². The molecule has 3 rings (SSSR count). The van der Waals surface area contributed by atoms with E-state index in [1.807, 2.05) is 31.2 Å². The van der Waals surface area contributed by atoms with Crippen LogP contribution in [0.1, 0.15) is 6.92 Å². The van der Waals surface area contributed by atoms with Crippen molar-refractivity contribution in [3.63, 3.8) is 0 Å². The number of ether oxygens (including phenoxy) is 1. The van der Waals surface area contributed by atoms with Gasteiger partial charge in [0, 0.05) is 31.0 Å². The molecule has 1 saturated heterocycles. The number of anilines is 3. The fourth-order valence-corrected chi connectivity index (χ4v) is 4.01. The van der Waals surface area contributed by atoms with Crippen molar-refractivity contribution in [2.75, 3.05) is 54.1 Å². The third kappa shape index (κ3) is 5.32. The van der Waals surface area contributed by atoms with Crippen molar-refractivity contribution in [1.82, 2.24) is 10.2 Å². The Hall–Kier alpha value is -1.84. The summed E-state index contributed by atoms with van der Waals surface area (Å²) in [5.74, 6) is 0.260. The SMILES string of the molecule is CCNc1nnc(SCC(=O)Nc2ccc(N3CCOCC3)cc2)s1. The summed E-state index contributed by atoms with van der Waals surface area (Å²) in [6, 6.07) is 7.92. The summed E-state index contributed by atoms with van der Waals surface area (Å²) in [7, 11) is 0.